The minimum atomic E-state index is 0.501. The molecule has 1 saturated heterocycles. The van der Waals surface area contributed by atoms with Gasteiger partial charge in [-0.25, -0.2) is 0 Å². The van der Waals surface area contributed by atoms with E-state index in [1.54, 1.807) is 0 Å². The van der Waals surface area contributed by atoms with Gasteiger partial charge in [-0.3, -0.25) is 0 Å². The first-order valence-electron chi connectivity index (χ1n) is 6.14. The van der Waals surface area contributed by atoms with Crippen molar-refractivity contribution in [3.8, 4) is 0 Å². The SMILES string of the molecule is NC1CCC(CN2CC[CH]CC2)CC1. The van der Waals surface area contributed by atoms with E-state index in [1.165, 1.54) is 58.2 Å². The second-order valence-corrected chi connectivity index (χ2v) is 4.95. The highest BCUT2D eigenvalue weighted by atomic mass is 15.1. The average molecular weight is 195 g/mol. The van der Waals surface area contributed by atoms with Crippen LogP contribution < -0.4 is 5.73 Å². The van der Waals surface area contributed by atoms with E-state index in [-0.39, 0.29) is 0 Å². The van der Waals surface area contributed by atoms with Gasteiger partial charge < -0.3 is 10.6 Å². The van der Waals surface area contributed by atoms with Crippen molar-refractivity contribution >= 4 is 0 Å². The third kappa shape index (κ3) is 2.96. The maximum Gasteiger partial charge on any atom is 0.00390 e. The highest BCUT2D eigenvalue weighted by Crippen LogP contribution is 2.24. The van der Waals surface area contributed by atoms with E-state index in [1.807, 2.05) is 0 Å². The smallest absolute Gasteiger partial charge is 0.00390 e. The molecule has 2 nitrogen and oxygen atoms in total. The molecule has 2 fully saturated rings. The molecule has 0 spiro atoms. The number of hydrogen-bond donors (Lipinski definition) is 1. The molecule has 0 aromatic carbocycles. The predicted molar refractivity (Wildman–Crippen MR) is 59.9 cm³/mol. The molecule has 1 heterocycles. The Kier molecular flexibility index (Phi) is 3.82. The number of likely N-dealkylation sites (tertiary alicyclic amines) is 1. The Balaban J connectivity index is 1.68. The summed E-state index contributed by atoms with van der Waals surface area (Å²) in [4.78, 5) is 2.64. The van der Waals surface area contributed by atoms with Gasteiger partial charge in [0, 0.05) is 12.6 Å². The van der Waals surface area contributed by atoms with Crippen molar-refractivity contribution in [2.24, 2.45) is 11.7 Å². The highest BCUT2D eigenvalue weighted by molar-refractivity contribution is 4.81. The molecule has 81 valence electrons. The van der Waals surface area contributed by atoms with Crippen LogP contribution >= 0.6 is 0 Å². The minimum absolute atomic E-state index is 0.501. The Hall–Kier alpha value is -0.0800. The second-order valence-electron chi connectivity index (χ2n) is 4.95. The summed E-state index contributed by atoms with van der Waals surface area (Å²) >= 11 is 0. The Morgan fingerprint density at radius 2 is 1.71 bits per heavy atom. The summed E-state index contributed by atoms with van der Waals surface area (Å²) in [7, 11) is 0. The van der Waals surface area contributed by atoms with Gasteiger partial charge in [-0.2, -0.15) is 0 Å². The van der Waals surface area contributed by atoms with Gasteiger partial charge in [0.05, 0.1) is 0 Å². The van der Waals surface area contributed by atoms with Crippen LogP contribution in [0.15, 0.2) is 0 Å². The molecular formula is C12H23N2. The molecule has 14 heavy (non-hydrogen) atoms. The lowest BCUT2D eigenvalue weighted by molar-refractivity contribution is 0.183. The number of nitrogens with two attached hydrogens (primary N) is 1. The summed E-state index contributed by atoms with van der Waals surface area (Å²) < 4.78 is 0. The number of hydrogen-bond acceptors (Lipinski definition) is 2. The predicted octanol–water partition coefficient (Wildman–Crippen LogP) is 1.80. The summed E-state index contributed by atoms with van der Waals surface area (Å²) in [5.74, 6) is 0.938. The van der Waals surface area contributed by atoms with Crippen LogP contribution in [0.4, 0.5) is 0 Å². The molecule has 1 saturated carbocycles. The number of nitrogens with zero attached hydrogens (tertiary/aromatic N) is 1. The van der Waals surface area contributed by atoms with Crippen LogP contribution in [0.1, 0.15) is 38.5 Å². The zero-order valence-corrected chi connectivity index (χ0v) is 9.12. The zero-order valence-electron chi connectivity index (χ0n) is 9.12. The van der Waals surface area contributed by atoms with Gasteiger partial charge in [0.1, 0.15) is 0 Å². The van der Waals surface area contributed by atoms with Crippen LogP contribution in [-0.4, -0.2) is 30.6 Å². The molecule has 2 heteroatoms. The van der Waals surface area contributed by atoms with Crippen molar-refractivity contribution in [2.75, 3.05) is 19.6 Å². The summed E-state index contributed by atoms with van der Waals surface area (Å²) in [6, 6.07) is 0.501. The van der Waals surface area contributed by atoms with Crippen LogP contribution in [0.25, 0.3) is 0 Å². The molecule has 0 atom stereocenters. The maximum atomic E-state index is 5.91. The first-order valence-corrected chi connectivity index (χ1v) is 6.14. The molecule has 0 amide bonds. The normalized spacial score (nSPS) is 35.8. The van der Waals surface area contributed by atoms with Crippen LogP contribution in [0, 0.1) is 12.3 Å². The summed E-state index contributed by atoms with van der Waals surface area (Å²) in [5, 5.41) is 0. The molecule has 0 aromatic heterocycles. The Morgan fingerprint density at radius 3 is 2.36 bits per heavy atom. The lowest BCUT2D eigenvalue weighted by Crippen LogP contribution is -2.37. The Labute approximate surface area is 87.8 Å². The van der Waals surface area contributed by atoms with Gasteiger partial charge in [-0.15, -0.1) is 0 Å². The summed E-state index contributed by atoms with van der Waals surface area (Å²) in [6.45, 7) is 3.92. The molecule has 2 aliphatic rings. The fraction of sp³-hybridized carbons (Fsp3) is 0.917. The number of rotatable bonds is 2. The maximum absolute atomic E-state index is 5.91. The molecule has 1 aliphatic carbocycles. The van der Waals surface area contributed by atoms with Gasteiger partial charge in [-0.05, 0) is 64.0 Å². The summed E-state index contributed by atoms with van der Waals surface area (Å²) in [6.07, 6.45) is 10.3. The Morgan fingerprint density at radius 1 is 1.07 bits per heavy atom. The van der Waals surface area contributed by atoms with E-state index in [4.69, 9.17) is 5.73 Å². The van der Waals surface area contributed by atoms with Gasteiger partial charge in [0.2, 0.25) is 0 Å². The Bertz CT molecular complexity index is 156. The average Bonchev–Trinajstić information content (AvgIpc) is 2.23. The molecule has 1 radical (unpaired) electrons. The zero-order chi connectivity index (χ0) is 9.80. The first kappa shape index (κ1) is 10.4. The molecule has 2 N–H and O–H groups in total. The molecule has 0 aromatic rings. The van der Waals surface area contributed by atoms with Crippen molar-refractivity contribution in [3.63, 3.8) is 0 Å². The minimum Gasteiger partial charge on any atom is -0.328 e. The fourth-order valence-corrected chi connectivity index (χ4v) is 2.72. The molecule has 0 bridgehead atoms. The topological polar surface area (TPSA) is 29.3 Å². The third-order valence-electron chi connectivity index (χ3n) is 3.71. The largest absolute Gasteiger partial charge is 0.328 e. The van der Waals surface area contributed by atoms with E-state index in [9.17, 15) is 0 Å². The lowest BCUT2D eigenvalue weighted by Gasteiger charge is -2.33. The van der Waals surface area contributed by atoms with Crippen LogP contribution in [0.3, 0.4) is 0 Å². The highest BCUT2D eigenvalue weighted by Gasteiger charge is 2.21. The van der Waals surface area contributed by atoms with Crippen molar-refractivity contribution in [3.05, 3.63) is 6.42 Å². The van der Waals surface area contributed by atoms with Gasteiger partial charge in [0.15, 0.2) is 0 Å². The van der Waals surface area contributed by atoms with Crippen molar-refractivity contribution in [1.82, 2.24) is 4.90 Å². The second kappa shape index (κ2) is 5.13. The molecular weight excluding hydrogens is 172 g/mol. The van der Waals surface area contributed by atoms with Crippen LogP contribution in [-0.2, 0) is 0 Å². The quantitative estimate of drug-likeness (QED) is 0.728. The monoisotopic (exact) mass is 195 g/mol. The first-order chi connectivity index (χ1) is 6.84. The van der Waals surface area contributed by atoms with Crippen molar-refractivity contribution < 1.29 is 0 Å². The molecule has 1 aliphatic heterocycles. The van der Waals surface area contributed by atoms with Crippen molar-refractivity contribution in [1.29, 1.82) is 0 Å². The van der Waals surface area contributed by atoms with E-state index < -0.39 is 0 Å². The van der Waals surface area contributed by atoms with Gasteiger partial charge in [-0.1, -0.05) is 0 Å². The van der Waals surface area contributed by atoms with Crippen LogP contribution in [0.2, 0.25) is 0 Å². The molecule has 0 unspecified atom stereocenters. The van der Waals surface area contributed by atoms with E-state index in [0.717, 1.165) is 5.92 Å². The van der Waals surface area contributed by atoms with Crippen molar-refractivity contribution in [2.45, 2.75) is 44.6 Å². The lowest BCUT2D eigenvalue weighted by atomic mass is 9.86. The van der Waals surface area contributed by atoms with E-state index in [0.29, 0.717) is 6.04 Å². The number of piperidine rings is 1. The van der Waals surface area contributed by atoms with E-state index >= 15 is 0 Å². The van der Waals surface area contributed by atoms with Crippen LogP contribution in [0.5, 0.6) is 0 Å². The standard InChI is InChI=1S/C12H23N2/c13-12-6-4-11(5-7-12)10-14-8-2-1-3-9-14/h1,11-12H,2-10,13H2. The third-order valence-corrected chi connectivity index (χ3v) is 3.71. The van der Waals surface area contributed by atoms with Gasteiger partial charge >= 0.3 is 0 Å². The molecule has 2 rings (SSSR count). The summed E-state index contributed by atoms with van der Waals surface area (Å²) in [5.41, 5.74) is 5.91. The van der Waals surface area contributed by atoms with Gasteiger partial charge in [0.25, 0.3) is 0 Å². The van der Waals surface area contributed by atoms with E-state index in [2.05, 4.69) is 11.3 Å². The fourth-order valence-electron chi connectivity index (χ4n) is 2.72.